The molecule has 0 fully saturated rings. The van der Waals surface area contributed by atoms with Crippen LogP contribution in [0.15, 0.2) is 34.8 Å². The topological polar surface area (TPSA) is 69.6 Å². The minimum atomic E-state index is -0.521. The van der Waals surface area contributed by atoms with Gasteiger partial charge in [0.15, 0.2) is 5.75 Å². The Labute approximate surface area is 133 Å². The normalized spacial score (nSPS) is 10.3. The fraction of sp³-hybridized carbons (Fsp3) is 0. The van der Waals surface area contributed by atoms with E-state index in [1.54, 1.807) is 6.07 Å². The molecule has 0 saturated carbocycles. The van der Waals surface area contributed by atoms with Crippen LogP contribution in [0.3, 0.4) is 0 Å². The number of phenols is 2. The second-order valence-electron chi connectivity index (χ2n) is 3.90. The summed E-state index contributed by atoms with van der Waals surface area (Å²) < 4.78 is 0.655. The van der Waals surface area contributed by atoms with Crippen molar-refractivity contribution in [2.24, 2.45) is 0 Å². The van der Waals surface area contributed by atoms with Crippen LogP contribution in [-0.2, 0) is 0 Å². The highest BCUT2D eigenvalue weighted by Crippen LogP contribution is 2.35. The minimum Gasteiger partial charge on any atom is -0.507 e. The zero-order chi connectivity index (χ0) is 14.9. The maximum Gasteiger partial charge on any atom is 0.259 e. The molecule has 1 amide bonds. The third-order valence-corrected chi connectivity index (χ3v) is 3.55. The molecule has 0 aliphatic carbocycles. The van der Waals surface area contributed by atoms with Gasteiger partial charge in [0, 0.05) is 10.2 Å². The third-order valence-electron chi connectivity index (χ3n) is 2.48. The molecule has 2 aromatic rings. The summed E-state index contributed by atoms with van der Waals surface area (Å²) in [5, 5.41) is 21.7. The van der Waals surface area contributed by atoms with Crippen molar-refractivity contribution < 1.29 is 15.0 Å². The number of aromatic hydroxyl groups is 2. The van der Waals surface area contributed by atoms with Crippen LogP contribution < -0.4 is 5.32 Å². The van der Waals surface area contributed by atoms with Gasteiger partial charge in [0.2, 0.25) is 0 Å². The molecular formula is C13H8BrCl2NO3. The van der Waals surface area contributed by atoms with Gasteiger partial charge in [-0.15, -0.1) is 0 Å². The zero-order valence-electron chi connectivity index (χ0n) is 9.82. The molecule has 3 N–H and O–H groups in total. The number of hydrogen-bond donors (Lipinski definition) is 3. The van der Waals surface area contributed by atoms with Gasteiger partial charge < -0.3 is 15.5 Å². The van der Waals surface area contributed by atoms with E-state index in [2.05, 4.69) is 21.2 Å². The second kappa shape index (κ2) is 5.91. The van der Waals surface area contributed by atoms with Gasteiger partial charge in [-0.2, -0.15) is 0 Å². The molecule has 104 valence electrons. The summed E-state index contributed by atoms with van der Waals surface area (Å²) in [6.45, 7) is 0. The summed E-state index contributed by atoms with van der Waals surface area (Å²) in [5.41, 5.74) is 0.415. The van der Waals surface area contributed by atoms with Crippen LogP contribution in [0.4, 0.5) is 5.69 Å². The van der Waals surface area contributed by atoms with E-state index in [0.29, 0.717) is 10.2 Å². The zero-order valence-corrected chi connectivity index (χ0v) is 12.9. The van der Waals surface area contributed by atoms with Crippen molar-refractivity contribution in [3.05, 3.63) is 50.4 Å². The standard InChI is InChI=1S/C13H8BrCl2NO3/c14-6-1-2-8(11(18)3-6)13(20)17-7-4-9(15)12(19)10(16)5-7/h1-5,18-19H,(H,17,20). The number of benzene rings is 2. The number of carbonyl (C=O) groups excluding carboxylic acids is 1. The summed E-state index contributed by atoms with van der Waals surface area (Å²) in [4.78, 5) is 12.0. The molecular weight excluding hydrogens is 369 g/mol. The maximum absolute atomic E-state index is 12.0. The molecule has 20 heavy (non-hydrogen) atoms. The van der Waals surface area contributed by atoms with E-state index in [9.17, 15) is 15.0 Å². The van der Waals surface area contributed by atoms with E-state index in [1.165, 1.54) is 24.3 Å². The van der Waals surface area contributed by atoms with E-state index < -0.39 is 5.91 Å². The van der Waals surface area contributed by atoms with Gasteiger partial charge in [0.05, 0.1) is 15.6 Å². The van der Waals surface area contributed by atoms with Crippen LogP contribution in [0.25, 0.3) is 0 Å². The predicted octanol–water partition coefficient (Wildman–Crippen LogP) is 4.42. The molecule has 7 heteroatoms. The lowest BCUT2D eigenvalue weighted by Gasteiger charge is -2.09. The summed E-state index contributed by atoms with van der Waals surface area (Å²) in [6.07, 6.45) is 0. The predicted molar refractivity (Wildman–Crippen MR) is 81.9 cm³/mol. The van der Waals surface area contributed by atoms with Crippen molar-refractivity contribution in [1.29, 1.82) is 0 Å². The van der Waals surface area contributed by atoms with Gasteiger partial charge in [-0.1, -0.05) is 39.1 Å². The van der Waals surface area contributed by atoms with E-state index in [1.807, 2.05) is 0 Å². The van der Waals surface area contributed by atoms with Gasteiger partial charge in [0.25, 0.3) is 5.91 Å². The summed E-state index contributed by atoms with van der Waals surface area (Å²) in [5.74, 6) is -0.932. The Morgan fingerprint density at radius 2 is 1.70 bits per heavy atom. The number of anilines is 1. The SMILES string of the molecule is O=C(Nc1cc(Cl)c(O)c(Cl)c1)c1ccc(Br)cc1O. The average molecular weight is 377 g/mol. The fourth-order valence-corrected chi connectivity index (χ4v) is 2.37. The number of phenolic OH excluding ortho intramolecular Hbond substituents is 2. The van der Waals surface area contributed by atoms with Crippen LogP contribution in [-0.4, -0.2) is 16.1 Å². The van der Waals surface area contributed by atoms with E-state index in [4.69, 9.17) is 23.2 Å². The van der Waals surface area contributed by atoms with Crippen molar-refractivity contribution in [2.75, 3.05) is 5.32 Å². The molecule has 2 aromatic carbocycles. The Hall–Kier alpha value is -1.43. The number of hydrogen-bond acceptors (Lipinski definition) is 3. The van der Waals surface area contributed by atoms with Gasteiger partial charge in [0.1, 0.15) is 5.75 Å². The first-order valence-corrected chi connectivity index (χ1v) is 6.91. The van der Waals surface area contributed by atoms with Crippen molar-refractivity contribution in [3.8, 4) is 11.5 Å². The fourth-order valence-electron chi connectivity index (χ4n) is 1.53. The van der Waals surface area contributed by atoms with Crippen molar-refractivity contribution in [2.45, 2.75) is 0 Å². The minimum absolute atomic E-state index is 0.0211. The summed E-state index contributed by atoms with van der Waals surface area (Å²) in [7, 11) is 0. The highest BCUT2D eigenvalue weighted by atomic mass is 79.9. The third kappa shape index (κ3) is 3.17. The lowest BCUT2D eigenvalue weighted by Crippen LogP contribution is -2.12. The molecule has 0 unspecified atom stereocenters. The Morgan fingerprint density at radius 3 is 2.25 bits per heavy atom. The maximum atomic E-state index is 12.0. The molecule has 0 heterocycles. The highest BCUT2D eigenvalue weighted by Gasteiger charge is 2.13. The number of halogens is 3. The largest absolute Gasteiger partial charge is 0.507 e. The van der Waals surface area contributed by atoms with Gasteiger partial charge >= 0.3 is 0 Å². The van der Waals surface area contributed by atoms with Crippen LogP contribution in [0.2, 0.25) is 10.0 Å². The first-order valence-electron chi connectivity index (χ1n) is 5.36. The van der Waals surface area contributed by atoms with Crippen LogP contribution >= 0.6 is 39.1 Å². The van der Waals surface area contributed by atoms with E-state index in [0.717, 1.165) is 0 Å². The van der Waals surface area contributed by atoms with Crippen molar-refractivity contribution >= 4 is 50.7 Å². The molecule has 0 atom stereocenters. The average Bonchev–Trinajstić information content (AvgIpc) is 2.35. The van der Waals surface area contributed by atoms with Crippen LogP contribution in [0, 0.1) is 0 Å². The van der Waals surface area contributed by atoms with Gasteiger partial charge in [-0.05, 0) is 30.3 Å². The van der Waals surface area contributed by atoms with Gasteiger partial charge in [-0.25, -0.2) is 0 Å². The number of amides is 1. The lowest BCUT2D eigenvalue weighted by molar-refractivity contribution is 0.102. The van der Waals surface area contributed by atoms with Gasteiger partial charge in [-0.3, -0.25) is 4.79 Å². The first-order chi connectivity index (χ1) is 9.38. The highest BCUT2D eigenvalue weighted by molar-refractivity contribution is 9.10. The summed E-state index contributed by atoms with van der Waals surface area (Å²) in [6, 6.07) is 7.22. The molecule has 2 rings (SSSR count). The van der Waals surface area contributed by atoms with Crippen molar-refractivity contribution in [3.63, 3.8) is 0 Å². The monoisotopic (exact) mass is 375 g/mol. The number of rotatable bonds is 2. The van der Waals surface area contributed by atoms with Crippen LogP contribution in [0.5, 0.6) is 11.5 Å². The van der Waals surface area contributed by atoms with E-state index >= 15 is 0 Å². The smallest absolute Gasteiger partial charge is 0.259 e. The van der Waals surface area contributed by atoms with E-state index in [-0.39, 0.29) is 27.1 Å². The molecule has 0 aliphatic rings. The Balaban J connectivity index is 2.28. The van der Waals surface area contributed by atoms with Crippen molar-refractivity contribution in [1.82, 2.24) is 0 Å². The summed E-state index contributed by atoms with van der Waals surface area (Å²) >= 11 is 14.7. The molecule has 0 aromatic heterocycles. The second-order valence-corrected chi connectivity index (χ2v) is 5.63. The lowest BCUT2D eigenvalue weighted by atomic mass is 10.2. The molecule has 0 aliphatic heterocycles. The molecule has 0 spiro atoms. The number of nitrogens with one attached hydrogen (secondary N) is 1. The molecule has 0 saturated heterocycles. The molecule has 0 bridgehead atoms. The Bertz CT molecular complexity index is 668. The quantitative estimate of drug-likeness (QED) is 0.679. The molecule has 4 nitrogen and oxygen atoms in total. The first kappa shape index (κ1) is 15.0. The number of carbonyl (C=O) groups is 1. The Morgan fingerprint density at radius 1 is 1.10 bits per heavy atom. The molecule has 0 radical (unpaired) electrons. The Kier molecular flexibility index (Phi) is 4.42. The van der Waals surface area contributed by atoms with Crippen LogP contribution in [0.1, 0.15) is 10.4 Å².